The lowest BCUT2D eigenvalue weighted by atomic mass is 10.0. The van der Waals surface area contributed by atoms with Crippen molar-refractivity contribution in [2.24, 2.45) is 0 Å². The van der Waals surface area contributed by atoms with Crippen LogP contribution in [-0.4, -0.2) is 42.2 Å². The van der Waals surface area contributed by atoms with E-state index in [0.29, 0.717) is 10.6 Å². The second-order valence-corrected chi connectivity index (χ2v) is 5.13. The normalized spacial score (nSPS) is 11.3. The predicted molar refractivity (Wildman–Crippen MR) is 88.9 cm³/mol. The topological polar surface area (TPSA) is 84.9 Å². The molecule has 0 fully saturated rings. The summed E-state index contributed by atoms with van der Waals surface area (Å²) in [6.07, 6.45) is -1.40. The third kappa shape index (κ3) is 5.42. The molecule has 132 valence electrons. The first-order valence-electron chi connectivity index (χ1n) is 7.63. The number of halogens is 1. The molecule has 0 saturated heterocycles. The van der Waals surface area contributed by atoms with Gasteiger partial charge in [0.2, 0.25) is 0 Å². The lowest BCUT2D eigenvalue weighted by Gasteiger charge is -2.28. The Kier molecular flexibility index (Phi) is 8.05. The van der Waals surface area contributed by atoms with Gasteiger partial charge in [-0.05, 0) is 44.5 Å². The zero-order valence-electron chi connectivity index (χ0n) is 13.9. The van der Waals surface area contributed by atoms with E-state index >= 15 is 0 Å². The molecule has 2 amide bonds. The zero-order valence-corrected chi connectivity index (χ0v) is 14.6. The van der Waals surface area contributed by atoms with Gasteiger partial charge in [-0.3, -0.25) is 4.79 Å². The van der Waals surface area contributed by atoms with E-state index in [1.807, 2.05) is 0 Å². The summed E-state index contributed by atoms with van der Waals surface area (Å²) in [4.78, 5) is 36.5. The van der Waals surface area contributed by atoms with E-state index in [1.54, 1.807) is 45.0 Å². The van der Waals surface area contributed by atoms with Crippen molar-refractivity contribution in [1.82, 2.24) is 10.4 Å². The van der Waals surface area contributed by atoms with Gasteiger partial charge >= 0.3 is 12.2 Å². The number of carbonyl (C=O) groups excluding carboxylic acids is 3. The van der Waals surface area contributed by atoms with Crippen LogP contribution < -0.4 is 5.43 Å². The van der Waals surface area contributed by atoms with Crippen molar-refractivity contribution >= 4 is 29.6 Å². The molecule has 7 nitrogen and oxygen atoms in total. The summed E-state index contributed by atoms with van der Waals surface area (Å²) in [5, 5.41) is 1.35. The summed E-state index contributed by atoms with van der Waals surface area (Å²) in [6, 6.07) is 5.33. The third-order valence-electron chi connectivity index (χ3n) is 3.08. The first-order chi connectivity index (χ1) is 11.4. The number of amides is 2. The van der Waals surface area contributed by atoms with Crippen molar-refractivity contribution < 1.29 is 23.9 Å². The van der Waals surface area contributed by atoms with Crippen LogP contribution in [0.25, 0.3) is 0 Å². The Balaban J connectivity index is 3.05. The molecule has 0 bridgehead atoms. The van der Waals surface area contributed by atoms with Gasteiger partial charge in [0.1, 0.15) is 6.04 Å². The maximum atomic E-state index is 12.7. The van der Waals surface area contributed by atoms with Crippen LogP contribution in [0, 0.1) is 0 Å². The molecule has 0 aliphatic carbocycles. The summed E-state index contributed by atoms with van der Waals surface area (Å²) >= 11 is 5.82. The number of ketones is 1. The van der Waals surface area contributed by atoms with Crippen LogP contribution >= 0.6 is 11.6 Å². The molecular weight excluding hydrogens is 336 g/mol. The average molecular weight is 357 g/mol. The first kappa shape index (κ1) is 19.8. The molecule has 0 aromatic heterocycles. The van der Waals surface area contributed by atoms with E-state index in [9.17, 15) is 14.4 Å². The lowest BCUT2D eigenvalue weighted by molar-refractivity contribution is 0.0478. The van der Waals surface area contributed by atoms with Crippen LogP contribution in [0.15, 0.2) is 24.3 Å². The fourth-order valence-corrected chi connectivity index (χ4v) is 2.12. The van der Waals surface area contributed by atoms with Gasteiger partial charge < -0.3 is 9.47 Å². The average Bonchev–Trinajstić information content (AvgIpc) is 2.55. The molecule has 1 rings (SSSR count). The summed E-state index contributed by atoms with van der Waals surface area (Å²) < 4.78 is 9.68. The molecule has 0 heterocycles. The van der Waals surface area contributed by atoms with Gasteiger partial charge in [-0.2, -0.15) is 0 Å². The Morgan fingerprint density at radius 1 is 1.08 bits per heavy atom. The quantitative estimate of drug-likeness (QED) is 0.623. The van der Waals surface area contributed by atoms with E-state index in [-0.39, 0.29) is 25.4 Å². The Hall–Kier alpha value is -2.28. The molecule has 1 aromatic rings. The number of Topliss-reactive ketones (excluding diaryl/α,β-unsaturated/α-hetero) is 1. The number of benzene rings is 1. The van der Waals surface area contributed by atoms with Crippen molar-refractivity contribution in [3.8, 4) is 0 Å². The highest BCUT2D eigenvalue weighted by atomic mass is 35.5. The van der Waals surface area contributed by atoms with Crippen molar-refractivity contribution in [2.45, 2.75) is 33.2 Å². The molecule has 0 aliphatic heterocycles. The fraction of sp³-hybridized carbons (Fsp3) is 0.438. The first-order valence-corrected chi connectivity index (χ1v) is 8.01. The van der Waals surface area contributed by atoms with Gasteiger partial charge in [-0.1, -0.05) is 18.5 Å². The van der Waals surface area contributed by atoms with E-state index in [2.05, 4.69) is 5.43 Å². The van der Waals surface area contributed by atoms with Crippen molar-refractivity contribution in [3.05, 3.63) is 34.9 Å². The van der Waals surface area contributed by atoms with Crippen LogP contribution in [0.3, 0.4) is 0 Å². The zero-order chi connectivity index (χ0) is 18.1. The fourth-order valence-electron chi connectivity index (χ4n) is 2.00. The van der Waals surface area contributed by atoms with E-state index in [0.717, 1.165) is 5.01 Å². The van der Waals surface area contributed by atoms with Crippen LogP contribution in [0.2, 0.25) is 5.02 Å². The highest BCUT2D eigenvalue weighted by Gasteiger charge is 2.32. The van der Waals surface area contributed by atoms with E-state index in [1.165, 1.54) is 0 Å². The molecule has 1 unspecified atom stereocenters. The Morgan fingerprint density at radius 2 is 1.67 bits per heavy atom. The Bertz CT molecular complexity index is 576. The Morgan fingerprint density at radius 3 is 2.17 bits per heavy atom. The van der Waals surface area contributed by atoms with Crippen molar-refractivity contribution in [2.75, 3.05) is 13.2 Å². The summed E-state index contributed by atoms with van der Waals surface area (Å²) in [5.41, 5.74) is 2.63. The largest absolute Gasteiger partial charge is 0.449 e. The molecular formula is C16H21ClN2O5. The molecule has 0 aliphatic rings. The summed E-state index contributed by atoms with van der Waals surface area (Å²) in [7, 11) is 0. The molecule has 1 N–H and O–H groups in total. The van der Waals surface area contributed by atoms with Crippen LogP contribution in [-0.2, 0) is 9.47 Å². The number of hydrazine groups is 1. The molecule has 24 heavy (non-hydrogen) atoms. The predicted octanol–water partition coefficient (Wildman–Crippen LogP) is 3.42. The molecule has 0 spiro atoms. The summed E-state index contributed by atoms with van der Waals surface area (Å²) in [6.45, 7) is 5.21. The second kappa shape index (κ2) is 9.77. The Labute approximate surface area is 145 Å². The number of nitrogens with zero attached hydrogens (tertiary/aromatic N) is 1. The minimum absolute atomic E-state index is 0.103. The van der Waals surface area contributed by atoms with Gasteiger partial charge in [-0.25, -0.2) is 20.0 Å². The number of ether oxygens (including phenoxy) is 2. The van der Waals surface area contributed by atoms with Gasteiger partial charge in [0.25, 0.3) is 0 Å². The van der Waals surface area contributed by atoms with Crippen LogP contribution in [0.4, 0.5) is 9.59 Å². The highest BCUT2D eigenvalue weighted by Crippen LogP contribution is 2.15. The van der Waals surface area contributed by atoms with Crippen molar-refractivity contribution in [3.63, 3.8) is 0 Å². The third-order valence-corrected chi connectivity index (χ3v) is 3.33. The summed E-state index contributed by atoms with van der Waals surface area (Å²) in [5.74, 6) is -0.348. The van der Waals surface area contributed by atoms with Gasteiger partial charge in [0.05, 0.1) is 13.2 Å². The van der Waals surface area contributed by atoms with Gasteiger partial charge in [0, 0.05) is 10.6 Å². The SMILES string of the molecule is CCOC(=O)NN(C(=O)OCC)C(CC)C(=O)c1ccc(Cl)cc1. The number of nitrogens with one attached hydrogen (secondary N) is 1. The molecule has 1 atom stereocenters. The lowest BCUT2D eigenvalue weighted by Crippen LogP contribution is -2.55. The molecule has 1 aromatic carbocycles. The molecule has 0 radical (unpaired) electrons. The molecule has 8 heteroatoms. The standard InChI is InChI=1S/C16H21ClN2O5/c1-4-13(14(20)11-7-9-12(17)10-8-11)19(16(22)24-6-3)18-15(21)23-5-2/h7-10,13H,4-6H2,1-3H3,(H,18,21). The minimum atomic E-state index is -0.936. The van der Waals surface area contributed by atoms with Crippen LogP contribution in [0.5, 0.6) is 0 Å². The number of hydrogen-bond donors (Lipinski definition) is 1. The van der Waals surface area contributed by atoms with E-state index in [4.69, 9.17) is 21.1 Å². The van der Waals surface area contributed by atoms with E-state index < -0.39 is 18.2 Å². The smallest absolute Gasteiger partial charge is 0.429 e. The van der Waals surface area contributed by atoms with Gasteiger partial charge in [-0.15, -0.1) is 0 Å². The maximum absolute atomic E-state index is 12.7. The van der Waals surface area contributed by atoms with Crippen LogP contribution in [0.1, 0.15) is 37.6 Å². The monoisotopic (exact) mass is 356 g/mol. The van der Waals surface area contributed by atoms with Gasteiger partial charge in [0.15, 0.2) is 5.78 Å². The molecule has 0 saturated carbocycles. The number of carbonyl (C=O) groups is 3. The maximum Gasteiger partial charge on any atom is 0.429 e. The second-order valence-electron chi connectivity index (χ2n) is 4.70. The minimum Gasteiger partial charge on any atom is -0.449 e. The number of hydrogen-bond acceptors (Lipinski definition) is 5. The highest BCUT2D eigenvalue weighted by molar-refractivity contribution is 6.30. The number of rotatable bonds is 6. The van der Waals surface area contributed by atoms with Crippen molar-refractivity contribution in [1.29, 1.82) is 0 Å².